The van der Waals surface area contributed by atoms with Crippen LogP contribution < -0.4 is 5.32 Å². The number of rotatable bonds is 7. The minimum absolute atomic E-state index is 0.0969. The maximum Gasteiger partial charge on any atom is 0.339 e. The van der Waals surface area contributed by atoms with E-state index in [2.05, 4.69) is 5.32 Å². The molecule has 1 aliphatic heterocycles. The number of amides is 1. The summed E-state index contributed by atoms with van der Waals surface area (Å²) in [5.41, 5.74) is 0.902. The Bertz CT molecular complexity index is 1260. The van der Waals surface area contributed by atoms with E-state index < -0.39 is 33.8 Å². The molecule has 1 amide bonds. The highest BCUT2D eigenvalue weighted by molar-refractivity contribution is 7.89. The van der Waals surface area contributed by atoms with Crippen LogP contribution >= 0.6 is 0 Å². The van der Waals surface area contributed by atoms with Gasteiger partial charge in [-0.1, -0.05) is 30.3 Å². The standard InChI is InChI=1S/C25H23FN2O5S/c26-20-10-12-21(13-11-20)27-24(29)23(18-6-2-1-3-7-18)33-25(30)19-8-14-22(15-9-19)34(31,32)28-16-4-5-17-28/h1-3,6-15,23H,4-5,16-17H2,(H,27,29). The Morgan fingerprint density at radius 1 is 0.882 bits per heavy atom. The summed E-state index contributed by atoms with van der Waals surface area (Å²) in [5.74, 6) is -1.84. The van der Waals surface area contributed by atoms with Gasteiger partial charge in [0.2, 0.25) is 16.1 Å². The molecule has 1 unspecified atom stereocenters. The molecule has 176 valence electrons. The van der Waals surface area contributed by atoms with E-state index in [4.69, 9.17) is 4.74 Å². The number of nitrogens with one attached hydrogen (secondary N) is 1. The molecule has 1 N–H and O–H groups in total. The van der Waals surface area contributed by atoms with Crippen molar-refractivity contribution in [1.82, 2.24) is 4.31 Å². The summed E-state index contributed by atoms with van der Waals surface area (Å²) in [6.45, 7) is 0.960. The molecule has 9 heteroatoms. The quantitative estimate of drug-likeness (QED) is 0.511. The van der Waals surface area contributed by atoms with E-state index in [9.17, 15) is 22.4 Å². The molecule has 0 bridgehead atoms. The monoisotopic (exact) mass is 482 g/mol. The van der Waals surface area contributed by atoms with Crippen LogP contribution in [0.5, 0.6) is 0 Å². The van der Waals surface area contributed by atoms with Crippen LogP contribution in [-0.4, -0.2) is 37.7 Å². The van der Waals surface area contributed by atoms with Crippen molar-refractivity contribution in [3.63, 3.8) is 0 Å². The average Bonchev–Trinajstić information content (AvgIpc) is 3.40. The van der Waals surface area contributed by atoms with E-state index in [1.54, 1.807) is 30.3 Å². The lowest BCUT2D eigenvalue weighted by Gasteiger charge is -2.19. The van der Waals surface area contributed by atoms with Gasteiger partial charge in [0.1, 0.15) is 5.82 Å². The molecule has 1 heterocycles. The Labute approximate surface area is 197 Å². The molecular weight excluding hydrogens is 459 g/mol. The van der Waals surface area contributed by atoms with Crippen molar-refractivity contribution >= 4 is 27.6 Å². The van der Waals surface area contributed by atoms with E-state index in [-0.39, 0.29) is 10.5 Å². The predicted molar refractivity (Wildman–Crippen MR) is 124 cm³/mol. The Kier molecular flexibility index (Phi) is 7.04. The fraction of sp³-hybridized carbons (Fsp3) is 0.200. The van der Waals surface area contributed by atoms with Gasteiger partial charge in [-0.15, -0.1) is 0 Å². The van der Waals surface area contributed by atoms with Gasteiger partial charge in [-0.3, -0.25) is 4.79 Å². The molecule has 0 radical (unpaired) electrons. The van der Waals surface area contributed by atoms with Crippen LogP contribution in [0.1, 0.15) is 34.9 Å². The van der Waals surface area contributed by atoms with Gasteiger partial charge in [0.15, 0.2) is 0 Å². The normalized spacial score (nSPS) is 15.0. The van der Waals surface area contributed by atoms with Gasteiger partial charge < -0.3 is 10.1 Å². The number of carbonyl (C=O) groups is 2. The largest absolute Gasteiger partial charge is 0.444 e. The van der Waals surface area contributed by atoms with Crippen LogP contribution in [0.15, 0.2) is 83.8 Å². The number of ether oxygens (including phenoxy) is 1. The minimum atomic E-state index is -3.61. The molecule has 1 fully saturated rings. The first-order valence-electron chi connectivity index (χ1n) is 10.8. The van der Waals surface area contributed by atoms with Crippen molar-refractivity contribution in [2.45, 2.75) is 23.8 Å². The van der Waals surface area contributed by atoms with Gasteiger partial charge in [0.25, 0.3) is 5.91 Å². The number of halogens is 1. The Balaban J connectivity index is 1.52. The maximum atomic E-state index is 13.2. The molecule has 1 atom stereocenters. The molecule has 3 aromatic rings. The second kappa shape index (κ2) is 10.1. The fourth-order valence-electron chi connectivity index (χ4n) is 3.66. The smallest absolute Gasteiger partial charge is 0.339 e. The molecule has 0 aliphatic carbocycles. The number of carbonyl (C=O) groups excluding carboxylic acids is 2. The number of benzene rings is 3. The molecule has 4 rings (SSSR count). The van der Waals surface area contributed by atoms with Crippen LogP contribution in [0.25, 0.3) is 0 Å². The molecule has 1 saturated heterocycles. The Hall–Kier alpha value is -3.56. The number of anilines is 1. The fourth-order valence-corrected chi connectivity index (χ4v) is 5.17. The lowest BCUT2D eigenvalue weighted by Crippen LogP contribution is -2.28. The van der Waals surface area contributed by atoms with E-state index in [1.165, 1.54) is 52.8 Å². The molecule has 1 aliphatic rings. The number of esters is 1. The van der Waals surface area contributed by atoms with Crippen LogP contribution in [0.2, 0.25) is 0 Å². The lowest BCUT2D eigenvalue weighted by molar-refractivity contribution is -0.125. The SMILES string of the molecule is O=C(OC(C(=O)Nc1ccc(F)cc1)c1ccccc1)c1ccc(S(=O)(=O)N2CCCC2)cc1. The van der Waals surface area contributed by atoms with Crippen LogP contribution in [0, 0.1) is 5.82 Å². The summed E-state index contributed by atoms with van der Waals surface area (Å²) in [4.78, 5) is 25.9. The number of hydrogen-bond donors (Lipinski definition) is 1. The zero-order valence-electron chi connectivity index (χ0n) is 18.2. The van der Waals surface area contributed by atoms with Gasteiger partial charge in [0.05, 0.1) is 10.5 Å². The van der Waals surface area contributed by atoms with Gasteiger partial charge in [-0.05, 0) is 61.4 Å². The van der Waals surface area contributed by atoms with Crippen LogP contribution in [-0.2, 0) is 19.6 Å². The molecule has 0 saturated carbocycles. The summed E-state index contributed by atoms with van der Waals surface area (Å²) < 4.78 is 45.5. The third-order valence-corrected chi connectivity index (χ3v) is 7.38. The predicted octanol–water partition coefficient (Wildman–Crippen LogP) is 4.15. The van der Waals surface area contributed by atoms with Crippen LogP contribution in [0.4, 0.5) is 10.1 Å². The van der Waals surface area contributed by atoms with E-state index in [1.807, 2.05) is 0 Å². The third-order valence-electron chi connectivity index (χ3n) is 5.47. The summed E-state index contributed by atoms with van der Waals surface area (Å²) in [7, 11) is -3.61. The average molecular weight is 483 g/mol. The van der Waals surface area contributed by atoms with Gasteiger partial charge in [-0.2, -0.15) is 4.31 Å². The van der Waals surface area contributed by atoms with Crippen molar-refractivity contribution in [3.05, 3.63) is 95.8 Å². The number of hydrogen-bond acceptors (Lipinski definition) is 5. The highest BCUT2D eigenvalue weighted by atomic mass is 32.2. The molecule has 34 heavy (non-hydrogen) atoms. The highest BCUT2D eigenvalue weighted by Crippen LogP contribution is 2.24. The Morgan fingerprint density at radius 2 is 1.50 bits per heavy atom. The van der Waals surface area contributed by atoms with E-state index in [0.717, 1.165) is 12.8 Å². The van der Waals surface area contributed by atoms with Crippen molar-refractivity contribution in [1.29, 1.82) is 0 Å². The summed E-state index contributed by atoms with van der Waals surface area (Å²) in [5, 5.41) is 2.62. The second-order valence-electron chi connectivity index (χ2n) is 7.83. The van der Waals surface area contributed by atoms with Gasteiger partial charge >= 0.3 is 5.97 Å². The number of sulfonamides is 1. The number of nitrogens with zero attached hydrogens (tertiary/aromatic N) is 1. The lowest BCUT2D eigenvalue weighted by atomic mass is 10.1. The van der Waals surface area contributed by atoms with Crippen molar-refractivity contribution in [2.75, 3.05) is 18.4 Å². The first-order valence-corrected chi connectivity index (χ1v) is 12.2. The third kappa shape index (κ3) is 5.32. The molecule has 0 spiro atoms. The molecule has 0 aromatic heterocycles. The van der Waals surface area contributed by atoms with Gasteiger partial charge in [0, 0.05) is 24.3 Å². The molecule has 7 nitrogen and oxygen atoms in total. The summed E-state index contributed by atoms with van der Waals surface area (Å²) in [6.07, 6.45) is 0.376. The van der Waals surface area contributed by atoms with Crippen molar-refractivity contribution < 1.29 is 27.1 Å². The zero-order valence-corrected chi connectivity index (χ0v) is 19.0. The Morgan fingerprint density at radius 3 is 2.12 bits per heavy atom. The highest BCUT2D eigenvalue weighted by Gasteiger charge is 2.28. The van der Waals surface area contributed by atoms with Crippen molar-refractivity contribution in [2.24, 2.45) is 0 Å². The van der Waals surface area contributed by atoms with E-state index in [0.29, 0.717) is 24.3 Å². The first-order chi connectivity index (χ1) is 16.3. The summed E-state index contributed by atoms with van der Waals surface area (Å²) in [6, 6.07) is 19.1. The van der Waals surface area contributed by atoms with Crippen LogP contribution in [0.3, 0.4) is 0 Å². The van der Waals surface area contributed by atoms with Crippen molar-refractivity contribution in [3.8, 4) is 0 Å². The molecular formula is C25H23FN2O5S. The topological polar surface area (TPSA) is 92.8 Å². The van der Waals surface area contributed by atoms with E-state index >= 15 is 0 Å². The first kappa shape index (κ1) is 23.6. The minimum Gasteiger partial charge on any atom is -0.444 e. The summed E-state index contributed by atoms with van der Waals surface area (Å²) >= 11 is 0. The molecule has 3 aromatic carbocycles. The second-order valence-corrected chi connectivity index (χ2v) is 9.77. The zero-order chi connectivity index (χ0) is 24.1. The van der Waals surface area contributed by atoms with Gasteiger partial charge in [-0.25, -0.2) is 17.6 Å². The maximum absolute atomic E-state index is 13.2.